The summed E-state index contributed by atoms with van der Waals surface area (Å²) in [7, 11) is 1.70. The highest BCUT2D eigenvalue weighted by Crippen LogP contribution is 2.29. The lowest BCUT2D eigenvalue weighted by atomic mass is 9.95. The monoisotopic (exact) mass is 298 g/mol. The normalized spacial score (nSPS) is 16.8. The van der Waals surface area contributed by atoms with Crippen LogP contribution in [0.4, 0.5) is 0 Å². The zero-order valence-electron chi connectivity index (χ0n) is 12.9. The van der Waals surface area contributed by atoms with Gasteiger partial charge in [0.1, 0.15) is 5.75 Å². The summed E-state index contributed by atoms with van der Waals surface area (Å²) in [5.74, 6) is 0.627. The third-order valence-electron chi connectivity index (χ3n) is 4.60. The van der Waals surface area contributed by atoms with Crippen molar-refractivity contribution in [3.05, 3.63) is 42.0 Å². The molecule has 2 N–H and O–H groups in total. The zero-order chi connectivity index (χ0) is 15.5. The number of nitrogens with zero attached hydrogens (tertiary/aromatic N) is 1. The van der Waals surface area contributed by atoms with Crippen molar-refractivity contribution in [1.29, 1.82) is 0 Å². The van der Waals surface area contributed by atoms with Gasteiger partial charge in [-0.05, 0) is 42.8 Å². The maximum atomic E-state index is 11.7. The number of piperidine rings is 1. The van der Waals surface area contributed by atoms with Crippen molar-refractivity contribution in [3.63, 3.8) is 0 Å². The molecule has 0 saturated carbocycles. The van der Waals surface area contributed by atoms with Gasteiger partial charge in [0.05, 0.1) is 0 Å². The van der Waals surface area contributed by atoms with Gasteiger partial charge in [-0.2, -0.15) is 0 Å². The second-order valence-electron chi connectivity index (χ2n) is 5.95. The van der Waals surface area contributed by atoms with Crippen LogP contribution in [0.25, 0.3) is 10.8 Å². The third-order valence-corrected chi connectivity index (χ3v) is 4.60. The maximum Gasteiger partial charge on any atom is 0.222 e. The third kappa shape index (κ3) is 2.92. The lowest BCUT2D eigenvalue weighted by Crippen LogP contribution is -2.39. The highest BCUT2D eigenvalue weighted by Gasteiger charge is 2.24. The molecule has 2 aromatic rings. The molecule has 0 spiro atoms. The molecule has 0 atom stereocenters. The molecule has 4 nitrogen and oxygen atoms in total. The molecule has 22 heavy (non-hydrogen) atoms. The number of phenols is 1. The number of carbonyl (C=O) groups is 1. The first-order valence-corrected chi connectivity index (χ1v) is 7.82. The Hall–Kier alpha value is -2.07. The minimum absolute atomic E-state index is 0.127. The molecule has 3 rings (SSSR count). The number of benzene rings is 2. The largest absolute Gasteiger partial charge is 0.508 e. The van der Waals surface area contributed by atoms with E-state index in [-0.39, 0.29) is 11.8 Å². The molecule has 1 fully saturated rings. The van der Waals surface area contributed by atoms with E-state index in [1.807, 2.05) is 18.2 Å². The number of amides is 1. The average Bonchev–Trinajstić information content (AvgIpc) is 2.57. The number of aromatic hydroxyl groups is 1. The molecule has 0 unspecified atom stereocenters. The molecular weight excluding hydrogens is 276 g/mol. The minimum atomic E-state index is 0.127. The number of likely N-dealkylation sites (tertiary alicyclic amines) is 1. The van der Waals surface area contributed by atoms with Gasteiger partial charge in [-0.3, -0.25) is 9.69 Å². The molecule has 0 radical (unpaired) electrons. The Morgan fingerprint density at radius 2 is 1.95 bits per heavy atom. The number of fused-ring (bicyclic) bond motifs is 1. The Kier molecular flexibility index (Phi) is 4.29. The van der Waals surface area contributed by atoms with Gasteiger partial charge in [0.2, 0.25) is 5.91 Å². The van der Waals surface area contributed by atoms with Gasteiger partial charge in [0, 0.05) is 25.1 Å². The summed E-state index contributed by atoms with van der Waals surface area (Å²) in [6.45, 7) is 2.51. The second-order valence-corrected chi connectivity index (χ2v) is 5.95. The fraction of sp³-hybridized carbons (Fsp3) is 0.389. The van der Waals surface area contributed by atoms with Crippen LogP contribution in [0.1, 0.15) is 18.4 Å². The molecule has 116 valence electrons. The summed E-state index contributed by atoms with van der Waals surface area (Å²) in [5.41, 5.74) is 0.983. The maximum absolute atomic E-state index is 11.7. The van der Waals surface area contributed by atoms with E-state index in [0.29, 0.717) is 5.75 Å². The number of rotatable bonds is 3. The molecule has 0 aliphatic carbocycles. The summed E-state index contributed by atoms with van der Waals surface area (Å²) >= 11 is 0. The number of nitrogens with one attached hydrogen (secondary N) is 1. The Morgan fingerprint density at radius 1 is 1.23 bits per heavy atom. The van der Waals surface area contributed by atoms with Crippen molar-refractivity contribution in [3.8, 4) is 5.75 Å². The van der Waals surface area contributed by atoms with Crippen LogP contribution in [0.5, 0.6) is 5.75 Å². The van der Waals surface area contributed by atoms with Crippen LogP contribution in [0.2, 0.25) is 0 Å². The van der Waals surface area contributed by atoms with Gasteiger partial charge in [0.25, 0.3) is 0 Å². The molecule has 0 aromatic heterocycles. The SMILES string of the molecule is CNC(=O)C1CCN(Cc2c(O)ccc3ccccc23)CC1. The van der Waals surface area contributed by atoms with E-state index >= 15 is 0 Å². The average molecular weight is 298 g/mol. The molecule has 1 amide bonds. The molecule has 4 heteroatoms. The second kappa shape index (κ2) is 6.36. The first-order valence-electron chi connectivity index (χ1n) is 7.82. The van der Waals surface area contributed by atoms with Crippen LogP contribution in [-0.2, 0) is 11.3 Å². The molecular formula is C18H22N2O2. The number of phenolic OH excluding ortho intramolecular Hbond substituents is 1. The summed E-state index contributed by atoms with van der Waals surface area (Å²) in [6.07, 6.45) is 1.76. The van der Waals surface area contributed by atoms with E-state index in [0.717, 1.165) is 48.8 Å². The van der Waals surface area contributed by atoms with Crippen LogP contribution in [0.15, 0.2) is 36.4 Å². The predicted octanol–water partition coefficient (Wildman–Crippen LogP) is 2.50. The molecule has 1 aliphatic rings. The van der Waals surface area contributed by atoms with Crippen LogP contribution in [0, 0.1) is 5.92 Å². The fourth-order valence-corrected chi connectivity index (χ4v) is 3.27. The molecule has 2 aromatic carbocycles. The van der Waals surface area contributed by atoms with Crippen molar-refractivity contribution in [1.82, 2.24) is 10.2 Å². The van der Waals surface area contributed by atoms with Gasteiger partial charge >= 0.3 is 0 Å². The first kappa shape index (κ1) is 14.9. The predicted molar refractivity (Wildman–Crippen MR) is 87.7 cm³/mol. The van der Waals surface area contributed by atoms with Crippen LogP contribution in [0.3, 0.4) is 0 Å². The first-order chi connectivity index (χ1) is 10.7. The topological polar surface area (TPSA) is 52.6 Å². The van der Waals surface area contributed by atoms with Crippen molar-refractivity contribution in [2.24, 2.45) is 5.92 Å². The summed E-state index contributed by atoms with van der Waals surface area (Å²) in [4.78, 5) is 14.0. The standard InChI is InChI=1S/C18H22N2O2/c1-19-18(22)14-8-10-20(11-9-14)12-16-15-5-3-2-4-13(15)6-7-17(16)21/h2-7,14,21H,8-12H2,1H3,(H,19,22). The summed E-state index contributed by atoms with van der Waals surface area (Å²) in [5, 5.41) is 15.2. The van der Waals surface area contributed by atoms with E-state index in [1.165, 1.54) is 0 Å². The molecule has 1 heterocycles. The van der Waals surface area contributed by atoms with Crippen molar-refractivity contribution in [2.75, 3.05) is 20.1 Å². The minimum Gasteiger partial charge on any atom is -0.508 e. The van der Waals surface area contributed by atoms with E-state index < -0.39 is 0 Å². The Bertz CT molecular complexity index is 676. The van der Waals surface area contributed by atoms with Gasteiger partial charge in [-0.25, -0.2) is 0 Å². The number of hydrogen-bond acceptors (Lipinski definition) is 3. The number of hydrogen-bond donors (Lipinski definition) is 2. The van der Waals surface area contributed by atoms with E-state index in [2.05, 4.69) is 22.3 Å². The van der Waals surface area contributed by atoms with Crippen molar-refractivity contribution >= 4 is 16.7 Å². The highest BCUT2D eigenvalue weighted by molar-refractivity contribution is 5.87. The van der Waals surface area contributed by atoms with Gasteiger partial charge in [-0.1, -0.05) is 30.3 Å². The van der Waals surface area contributed by atoms with Crippen molar-refractivity contribution in [2.45, 2.75) is 19.4 Å². The Morgan fingerprint density at radius 3 is 2.68 bits per heavy atom. The zero-order valence-corrected chi connectivity index (χ0v) is 12.9. The molecule has 0 bridgehead atoms. The summed E-state index contributed by atoms with van der Waals surface area (Å²) < 4.78 is 0. The molecule has 1 saturated heterocycles. The Balaban J connectivity index is 1.75. The van der Waals surface area contributed by atoms with E-state index in [4.69, 9.17) is 0 Å². The lowest BCUT2D eigenvalue weighted by Gasteiger charge is -2.31. The van der Waals surface area contributed by atoms with Crippen LogP contribution >= 0.6 is 0 Å². The van der Waals surface area contributed by atoms with Gasteiger partial charge < -0.3 is 10.4 Å². The lowest BCUT2D eigenvalue weighted by molar-refractivity contribution is -0.125. The highest BCUT2D eigenvalue weighted by atomic mass is 16.3. The van der Waals surface area contributed by atoms with Crippen LogP contribution in [-0.4, -0.2) is 36.1 Å². The van der Waals surface area contributed by atoms with Gasteiger partial charge in [-0.15, -0.1) is 0 Å². The van der Waals surface area contributed by atoms with E-state index in [9.17, 15) is 9.90 Å². The fourth-order valence-electron chi connectivity index (χ4n) is 3.27. The molecule has 1 aliphatic heterocycles. The Labute approximate surface area is 130 Å². The van der Waals surface area contributed by atoms with E-state index in [1.54, 1.807) is 13.1 Å². The summed E-state index contributed by atoms with van der Waals surface area (Å²) in [6, 6.07) is 11.9. The quantitative estimate of drug-likeness (QED) is 0.915. The smallest absolute Gasteiger partial charge is 0.222 e. The van der Waals surface area contributed by atoms with Gasteiger partial charge in [0.15, 0.2) is 0 Å². The van der Waals surface area contributed by atoms with Crippen molar-refractivity contribution < 1.29 is 9.90 Å². The number of carbonyl (C=O) groups excluding carboxylic acids is 1. The van der Waals surface area contributed by atoms with Crippen LogP contribution < -0.4 is 5.32 Å².